The van der Waals surface area contributed by atoms with E-state index < -0.39 is 11.1 Å². The first kappa shape index (κ1) is 13.6. The summed E-state index contributed by atoms with van der Waals surface area (Å²) >= 11 is 1.33. The van der Waals surface area contributed by atoms with Crippen molar-refractivity contribution >= 4 is 11.8 Å². The molecule has 0 aliphatic rings. The van der Waals surface area contributed by atoms with Crippen LogP contribution in [0.15, 0.2) is 43.9 Å². The van der Waals surface area contributed by atoms with Crippen LogP contribution in [0.25, 0.3) is 0 Å². The van der Waals surface area contributed by atoms with Crippen LogP contribution in [-0.4, -0.2) is 21.8 Å². The Morgan fingerprint density at radius 1 is 1.32 bits per heavy atom. The van der Waals surface area contributed by atoms with Crippen molar-refractivity contribution in [2.24, 2.45) is 7.05 Å². The summed E-state index contributed by atoms with van der Waals surface area (Å²) in [5.41, 5.74) is -0.307. The number of hydrogen-bond acceptors (Lipinski definition) is 5. The van der Waals surface area contributed by atoms with E-state index in [9.17, 15) is 9.59 Å². The molecule has 0 atom stereocenters. The summed E-state index contributed by atoms with van der Waals surface area (Å²) in [5, 5.41) is 5.94. The zero-order chi connectivity index (χ0) is 13.8. The van der Waals surface area contributed by atoms with E-state index in [-0.39, 0.29) is 0 Å². The maximum absolute atomic E-state index is 11.2. The second-order valence-corrected chi connectivity index (χ2v) is 5.02. The van der Waals surface area contributed by atoms with Crippen LogP contribution in [-0.2, 0) is 13.6 Å². The van der Waals surface area contributed by atoms with Crippen molar-refractivity contribution < 1.29 is 0 Å². The van der Waals surface area contributed by atoms with Gasteiger partial charge in [-0.1, -0.05) is 23.9 Å². The van der Waals surface area contributed by atoms with Gasteiger partial charge in [-0.25, -0.2) is 0 Å². The lowest BCUT2D eigenvalue weighted by atomic mass is 10.2. The lowest BCUT2D eigenvalue weighted by molar-refractivity contribution is 0.596. The highest BCUT2D eigenvalue weighted by Gasteiger charge is 2.05. The van der Waals surface area contributed by atoms with E-state index in [0.717, 1.165) is 11.4 Å². The van der Waals surface area contributed by atoms with Crippen molar-refractivity contribution in [1.29, 1.82) is 0 Å². The molecule has 2 N–H and O–H groups in total. The minimum absolute atomic E-state index is 0.450. The Balaban J connectivity index is 2.23. The summed E-state index contributed by atoms with van der Waals surface area (Å²) in [5.74, 6) is 0. The molecule has 1 aromatic heterocycles. The summed E-state index contributed by atoms with van der Waals surface area (Å²) in [6.45, 7) is 0.806. The van der Waals surface area contributed by atoms with Crippen LogP contribution in [0.5, 0.6) is 0 Å². The van der Waals surface area contributed by atoms with Crippen LogP contribution >= 0.6 is 11.8 Å². The first-order chi connectivity index (χ1) is 9.10. The lowest BCUT2D eigenvalue weighted by Gasteiger charge is -2.06. The molecule has 0 radical (unpaired) electrons. The normalized spacial score (nSPS) is 10.6. The average Bonchev–Trinajstić information content (AvgIpc) is 2.38. The second-order valence-electron chi connectivity index (χ2n) is 3.98. The molecule has 19 heavy (non-hydrogen) atoms. The van der Waals surface area contributed by atoms with Gasteiger partial charge in [-0.2, -0.15) is 4.98 Å². The van der Waals surface area contributed by atoms with E-state index in [1.807, 2.05) is 31.3 Å². The number of nitrogens with one attached hydrogen (secondary N) is 2. The van der Waals surface area contributed by atoms with Crippen molar-refractivity contribution in [1.82, 2.24) is 20.1 Å². The fraction of sp³-hybridized carbons (Fsp3) is 0.250. The van der Waals surface area contributed by atoms with Gasteiger partial charge in [0.1, 0.15) is 0 Å². The van der Waals surface area contributed by atoms with Gasteiger partial charge >= 0.3 is 11.1 Å². The molecule has 0 saturated heterocycles. The third kappa shape index (κ3) is 3.33. The molecule has 0 aliphatic heterocycles. The zero-order valence-electron chi connectivity index (χ0n) is 10.6. The molecule has 1 aromatic carbocycles. The quantitative estimate of drug-likeness (QED) is 0.788. The molecule has 7 heteroatoms. The molecule has 2 rings (SSSR count). The first-order valence-electron chi connectivity index (χ1n) is 5.69. The largest absolute Gasteiger partial charge is 0.339 e. The molecule has 0 spiro atoms. The molecule has 2 aromatic rings. The summed E-state index contributed by atoms with van der Waals surface area (Å²) in [7, 11) is 3.54. The van der Waals surface area contributed by atoms with E-state index in [1.165, 1.54) is 22.0 Å². The number of benzene rings is 1. The molecule has 0 aliphatic carbocycles. The van der Waals surface area contributed by atoms with E-state index in [4.69, 9.17) is 0 Å². The Morgan fingerprint density at radius 2 is 2.00 bits per heavy atom. The lowest BCUT2D eigenvalue weighted by Crippen LogP contribution is -2.33. The van der Waals surface area contributed by atoms with Crippen LogP contribution in [0.4, 0.5) is 0 Å². The van der Waals surface area contributed by atoms with Crippen molar-refractivity contribution in [3.63, 3.8) is 0 Å². The van der Waals surface area contributed by atoms with Gasteiger partial charge in [0.05, 0.1) is 0 Å². The van der Waals surface area contributed by atoms with Crippen LogP contribution in [0.2, 0.25) is 0 Å². The number of aromatic nitrogens is 3. The standard InChI is InChI=1S/C12H14N4O2S/c1-13-7-8-3-5-9(6-4-8)19-12-14-10(17)11(18)15-16(12)2/h3-6,13H,7H2,1-2H3,(H,15,18). The fourth-order valence-corrected chi connectivity index (χ4v) is 2.33. The molecule has 0 saturated carbocycles. The molecule has 0 unspecified atom stereocenters. The zero-order valence-corrected chi connectivity index (χ0v) is 11.5. The van der Waals surface area contributed by atoms with Gasteiger partial charge in [0.15, 0.2) is 5.16 Å². The van der Waals surface area contributed by atoms with E-state index >= 15 is 0 Å². The molecule has 0 amide bonds. The fourth-order valence-electron chi connectivity index (χ4n) is 1.54. The van der Waals surface area contributed by atoms with Gasteiger partial charge in [0, 0.05) is 18.5 Å². The van der Waals surface area contributed by atoms with Gasteiger partial charge in [0.25, 0.3) is 0 Å². The molecule has 0 fully saturated rings. The molecular weight excluding hydrogens is 264 g/mol. The number of aromatic amines is 1. The van der Waals surface area contributed by atoms with Crippen LogP contribution in [0.3, 0.4) is 0 Å². The van der Waals surface area contributed by atoms with Crippen molar-refractivity contribution in [3.8, 4) is 0 Å². The van der Waals surface area contributed by atoms with Crippen LogP contribution in [0, 0.1) is 0 Å². The van der Waals surface area contributed by atoms with Gasteiger partial charge in [-0.15, -0.1) is 0 Å². The summed E-state index contributed by atoms with van der Waals surface area (Å²) < 4.78 is 1.44. The SMILES string of the molecule is CNCc1ccc(Sc2nc(=O)c(=O)[nH]n2C)cc1. The maximum atomic E-state index is 11.2. The Labute approximate surface area is 113 Å². The van der Waals surface area contributed by atoms with Gasteiger partial charge in [-0.3, -0.25) is 19.4 Å². The predicted octanol–water partition coefficient (Wildman–Crippen LogP) is 0.339. The highest BCUT2D eigenvalue weighted by atomic mass is 32.2. The average molecular weight is 278 g/mol. The van der Waals surface area contributed by atoms with Crippen LogP contribution < -0.4 is 16.4 Å². The van der Waals surface area contributed by atoms with Crippen molar-refractivity contribution in [3.05, 3.63) is 50.5 Å². The van der Waals surface area contributed by atoms with Gasteiger partial charge < -0.3 is 5.32 Å². The van der Waals surface area contributed by atoms with E-state index in [0.29, 0.717) is 5.16 Å². The summed E-state index contributed by atoms with van der Waals surface area (Å²) in [6, 6.07) is 7.91. The van der Waals surface area contributed by atoms with Crippen molar-refractivity contribution in [2.45, 2.75) is 16.6 Å². The topological polar surface area (TPSA) is 79.8 Å². The highest BCUT2D eigenvalue weighted by molar-refractivity contribution is 7.99. The monoisotopic (exact) mass is 278 g/mol. The van der Waals surface area contributed by atoms with Crippen LogP contribution in [0.1, 0.15) is 5.56 Å². The summed E-state index contributed by atoms with van der Waals surface area (Å²) in [6.07, 6.45) is 0. The minimum atomic E-state index is -0.771. The molecule has 0 bridgehead atoms. The van der Waals surface area contributed by atoms with Crippen molar-refractivity contribution in [2.75, 3.05) is 7.05 Å². The molecular formula is C12H14N4O2S. The van der Waals surface area contributed by atoms with E-state index in [1.54, 1.807) is 7.05 Å². The number of H-pyrrole nitrogens is 1. The Kier molecular flexibility index (Phi) is 4.18. The molecule has 6 nitrogen and oxygen atoms in total. The Bertz CT molecular complexity index is 675. The number of nitrogens with zero attached hydrogens (tertiary/aromatic N) is 2. The minimum Gasteiger partial charge on any atom is -0.316 e. The number of hydrogen-bond donors (Lipinski definition) is 2. The molecule has 1 heterocycles. The third-order valence-corrected chi connectivity index (χ3v) is 3.52. The number of aryl methyl sites for hydroxylation is 1. The maximum Gasteiger partial charge on any atom is 0.339 e. The smallest absolute Gasteiger partial charge is 0.316 e. The third-order valence-electron chi connectivity index (χ3n) is 2.46. The van der Waals surface area contributed by atoms with E-state index in [2.05, 4.69) is 15.4 Å². The predicted molar refractivity (Wildman–Crippen MR) is 73.4 cm³/mol. The van der Waals surface area contributed by atoms with Gasteiger partial charge in [0.2, 0.25) is 0 Å². The summed E-state index contributed by atoms with van der Waals surface area (Å²) in [4.78, 5) is 27.0. The highest BCUT2D eigenvalue weighted by Crippen LogP contribution is 2.24. The number of rotatable bonds is 4. The Morgan fingerprint density at radius 3 is 2.63 bits per heavy atom. The Hall–Kier alpha value is -1.86. The van der Waals surface area contributed by atoms with Gasteiger partial charge in [-0.05, 0) is 24.7 Å². The second kappa shape index (κ2) is 5.85. The first-order valence-corrected chi connectivity index (χ1v) is 6.50. The molecule has 100 valence electrons.